The Bertz CT molecular complexity index is 2140. The molecule has 0 N–H and O–H groups in total. The van der Waals surface area contributed by atoms with Gasteiger partial charge in [-0.15, -0.1) is 11.3 Å². The molecule has 0 fully saturated rings. The van der Waals surface area contributed by atoms with E-state index in [0.29, 0.717) is 0 Å². The van der Waals surface area contributed by atoms with E-state index < -0.39 is 0 Å². The second-order valence-corrected chi connectivity index (χ2v) is 11.2. The standard InChI is InChI=1S/C38H25NS/c1-4-12-26(13-5-1)37-33-23-21-29(25-36(33)40-38(37)27-14-6-2-7-15-27)28-20-22-32-31-18-10-11-19-34(31)39(35(32)24-28)30-16-8-3-9-17-30/h1-25H. The number of hydrogen-bond acceptors (Lipinski definition) is 1. The third kappa shape index (κ3) is 3.69. The summed E-state index contributed by atoms with van der Waals surface area (Å²) in [6.07, 6.45) is 0. The highest BCUT2D eigenvalue weighted by Gasteiger charge is 2.17. The summed E-state index contributed by atoms with van der Waals surface area (Å²) < 4.78 is 3.69. The van der Waals surface area contributed by atoms with Crippen molar-refractivity contribution in [1.82, 2.24) is 4.57 Å². The maximum Gasteiger partial charge on any atom is 0.0547 e. The van der Waals surface area contributed by atoms with E-state index in [4.69, 9.17) is 0 Å². The topological polar surface area (TPSA) is 4.93 Å². The molecule has 6 aromatic carbocycles. The van der Waals surface area contributed by atoms with Crippen LogP contribution >= 0.6 is 11.3 Å². The van der Waals surface area contributed by atoms with Gasteiger partial charge in [0.15, 0.2) is 0 Å². The number of fused-ring (bicyclic) bond motifs is 4. The first-order chi connectivity index (χ1) is 19.8. The van der Waals surface area contributed by atoms with Gasteiger partial charge < -0.3 is 4.57 Å². The summed E-state index contributed by atoms with van der Waals surface area (Å²) in [5, 5.41) is 3.86. The second-order valence-electron chi connectivity index (χ2n) is 10.2. The molecule has 0 saturated heterocycles. The molecule has 40 heavy (non-hydrogen) atoms. The minimum absolute atomic E-state index is 1.18. The summed E-state index contributed by atoms with van der Waals surface area (Å²) in [7, 11) is 0. The summed E-state index contributed by atoms with van der Waals surface area (Å²) in [5.74, 6) is 0. The smallest absolute Gasteiger partial charge is 0.0547 e. The lowest BCUT2D eigenvalue weighted by Gasteiger charge is -2.09. The monoisotopic (exact) mass is 527 g/mol. The fourth-order valence-corrected chi connectivity index (χ4v) is 7.24. The Labute approximate surface area is 237 Å². The van der Waals surface area contributed by atoms with E-state index in [1.54, 1.807) is 0 Å². The third-order valence-electron chi connectivity index (χ3n) is 7.81. The van der Waals surface area contributed by atoms with Crippen molar-refractivity contribution in [2.24, 2.45) is 0 Å². The van der Waals surface area contributed by atoms with E-state index >= 15 is 0 Å². The van der Waals surface area contributed by atoms with Crippen LogP contribution in [0.25, 0.3) is 70.3 Å². The van der Waals surface area contributed by atoms with Gasteiger partial charge in [0.25, 0.3) is 0 Å². The molecule has 8 aromatic rings. The van der Waals surface area contributed by atoms with Crippen molar-refractivity contribution < 1.29 is 0 Å². The average molecular weight is 528 g/mol. The lowest BCUT2D eigenvalue weighted by Crippen LogP contribution is -1.93. The predicted molar refractivity (Wildman–Crippen MR) is 172 cm³/mol. The number of nitrogens with zero attached hydrogens (tertiary/aromatic N) is 1. The van der Waals surface area contributed by atoms with Crippen LogP contribution in [0.4, 0.5) is 0 Å². The number of hydrogen-bond donors (Lipinski definition) is 0. The van der Waals surface area contributed by atoms with Crippen molar-refractivity contribution >= 4 is 43.2 Å². The Morgan fingerprint density at radius 1 is 0.400 bits per heavy atom. The van der Waals surface area contributed by atoms with Crippen LogP contribution in [0.5, 0.6) is 0 Å². The first kappa shape index (κ1) is 23.0. The van der Waals surface area contributed by atoms with Gasteiger partial charge in [-0.3, -0.25) is 0 Å². The van der Waals surface area contributed by atoms with Gasteiger partial charge in [0.05, 0.1) is 11.0 Å². The second kappa shape index (κ2) is 9.37. The molecule has 1 nitrogen and oxygen atoms in total. The van der Waals surface area contributed by atoms with E-state index in [-0.39, 0.29) is 0 Å². The lowest BCUT2D eigenvalue weighted by molar-refractivity contribution is 1.18. The fourth-order valence-electron chi connectivity index (χ4n) is 5.97. The van der Waals surface area contributed by atoms with E-state index in [9.17, 15) is 0 Å². The molecule has 0 unspecified atom stereocenters. The van der Waals surface area contributed by atoms with Gasteiger partial charge in [0.2, 0.25) is 0 Å². The molecule has 2 heteroatoms. The highest BCUT2D eigenvalue weighted by molar-refractivity contribution is 7.23. The van der Waals surface area contributed by atoms with Crippen molar-refractivity contribution in [3.8, 4) is 38.4 Å². The molecule has 0 atom stereocenters. The van der Waals surface area contributed by atoms with Gasteiger partial charge >= 0.3 is 0 Å². The minimum Gasteiger partial charge on any atom is -0.309 e. The zero-order valence-electron chi connectivity index (χ0n) is 21.8. The van der Waals surface area contributed by atoms with Gasteiger partial charge in [-0.1, -0.05) is 121 Å². The zero-order chi connectivity index (χ0) is 26.5. The van der Waals surface area contributed by atoms with Gasteiger partial charge in [0.1, 0.15) is 0 Å². The summed E-state index contributed by atoms with van der Waals surface area (Å²) in [4.78, 5) is 1.32. The summed E-state index contributed by atoms with van der Waals surface area (Å²) in [5.41, 5.74) is 9.94. The molecule has 188 valence electrons. The zero-order valence-corrected chi connectivity index (χ0v) is 22.6. The van der Waals surface area contributed by atoms with Crippen LogP contribution in [-0.4, -0.2) is 4.57 Å². The Kier molecular flexibility index (Phi) is 5.39. The van der Waals surface area contributed by atoms with Crippen LogP contribution in [-0.2, 0) is 0 Å². The van der Waals surface area contributed by atoms with Crippen LogP contribution in [0.2, 0.25) is 0 Å². The van der Waals surface area contributed by atoms with Gasteiger partial charge in [0, 0.05) is 37.0 Å². The van der Waals surface area contributed by atoms with Crippen molar-refractivity contribution in [3.05, 3.63) is 152 Å². The summed E-state index contributed by atoms with van der Waals surface area (Å²) in [6, 6.07) is 54.8. The van der Waals surface area contributed by atoms with Gasteiger partial charge in [-0.05, 0) is 52.6 Å². The Morgan fingerprint density at radius 2 is 0.975 bits per heavy atom. The number of para-hydroxylation sites is 2. The molecule has 8 rings (SSSR count). The third-order valence-corrected chi connectivity index (χ3v) is 9.01. The molecule has 0 aliphatic rings. The molecule has 2 heterocycles. The first-order valence-electron chi connectivity index (χ1n) is 13.6. The first-order valence-corrected chi connectivity index (χ1v) is 14.4. The SMILES string of the molecule is c1ccc(-c2sc3cc(-c4ccc5c6ccccc6n(-c6ccccc6)c5c4)ccc3c2-c2ccccc2)cc1. The van der Waals surface area contributed by atoms with E-state index in [0.717, 1.165) is 0 Å². The van der Waals surface area contributed by atoms with E-state index in [2.05, 4.69) is 156 Å². The molecule has 0 bridgehead atoms. The highest BCUT2D eigenvalue weighted by Crippen LogP contribution is 2.46. The fraction of sp³-hybridized carbons (Fsp3) is 0. The molecule has 0 aliphatic carbocycles. The van der Waals surface area contributed by atoms with Crippen molar-refractivity contribution in [2.75, 3.05) is 0 Å². The average Bonchev–Trinajstić information content (AvgIpc) is 3.58. The molecule has 2 aromatic heterocycles. The van der Waals surface area contributed by atoms with Crippen LogP contribution in [0, 0.1) is 0 Å². The van der Waals surface area contributed by atoms with Crippen molar-refractivity contribution in [1.29, 1.82) is 0 Å². The molecule has 0 radical (unpaired) electrons. The predicted octanol–water partition coefficient (Wildman–Crippen LogP) is 11.0. The molecule has 0 aliphatic heterocycles. The normalized spacial score (nSPS) is 11.5. The maximum absolute atomic E-state index is 2.39. The quantitative estimate of drug-likeness (QED) is 0.214. The molecule has 0 spiro atoms. The van der Waals surface area contributed by atoms with Crippen LogP contribution in [0.3, 0.4) is 0 Å². The van der Waals surface area contributed by atoms with Gasteiger partial charge in [-0.2, -0.15) is 0 Å². The number of benzene rings is 6. The van der Waals surface area contributed by atoms with E-state index in [1.807, 2.05) is 11.3 Å². The van der Waals surface area contributed by atoms with Crippen molar-refractivity contribution in [3.63, 3.8) is 0 Å². The Hall–Kier alpha value is -4.92. The van der Waals surface area contributed by atoms with Gasteiger partial charge in [-0.25, -0.2) is 0 Å². The lowest BCUT2D eigenvalue weighted by atomic mass is 9.97. The number of aromatic nitrogens is 1. The number of rotatable bonds is 4. The molecule has 0 amide bonds. The van der Waals surface area contributed by atoms with Crippen LogP contribution in [0.15, 0.2) is 152 Å². The number of thiophene rings is 1. The molecular formula is C38H25NS. The Morgan fingerprint density at radius 3 is 1.73 bits per heavy atom. The summed E-state index contributed by atoms with van der Waals surface area (Å²) in [6.45, 7) is 0. The van der Waals surface area contributed by atoms with E-state index in [1.165, 1.54) is 70.3 Å². The summed E-state index contributed by atoms with van der Waals surface area (Å²) >= 11 is 1.88. The largest absolute Gasteiger partial charge is 0.309 e. The minimum atomic E-state index is 1.18. The molecular weight excluding hydrogens is 502 g/mol. The van der Waals surface area contributed by atoms with Crippen molar-refractivity contribution in [2.45, 2.75) is 0 Å². The van der Waals surface area contributed by atoms with Crippen LogP contribution in [0.1, 0.15) is 0 Å². The van der Waals surface area contributed by atoms with Crippen LogP contribution < -0.4 is 0 Å². The highest BCUT2D eigenvalue weighted by atomic mass is 32.1. The Balaban J connectivity index is 1.34. The maximum atomic E-state index is 2.39. The molecule has 0 saturated carbocycles.